The maximum absolute atomic E-state index is 13.5. The summed E-state index contributed by atoms with van der Waals surface area (Å²) in [4.78, 5) is 26.8. The molecule has 0 amide bonds. The molecule has 0 bridgehead atoms. The highest BCUT2D eigenvalue weighted by Gasteiger charge is 2.60. The summed E-state index contributed by atoms with van der Waals surface area (Å²) < 4.78 is 16.5. The average Bonchev–Trinajstić information content (AvgIpc) is 3.09. The first kappa shape index (κ1) is 22.9. The van der Waals surface area contributed by atoms with Gasteiger partial charge in [-0.25, -0.2) is 5.21 Å². The van der Waals surface area contributed by atoms with Crippen molar-refractivity contribution in [3.05, 3.63) is 51.8 Å². The van der Waals surface area contributed by atoms with E-state index in [-0.39, 0.29) is 51.4 Å². The van der Waals surface area contributed by atoms with E-state index in [0.717, 1.165) is 0 Å². The third-order valence-electron chi connectivity index (χ3n) is 5.85. The Balaban J connectivity index is 1.71. The fourth-order valence-electron chi connectivity index (χ4n) is 4.16. The molecule has 1 aliphatic carbocycles. The van der Waals surface area contributed by atoms with Crippen LogP contribution in [0.25, 0.3) is 0 Å². The van der Waals surface area contributed by atoms with Crippen molar-refractivity contribution in [1.82, 2.24) is 0 Å². The van der Waals surface area contributed by atoms with Crippen molar-refractivity contribution in [1.29, 1.82) is 0 Å². The van der Waals surface area contributed by atoms with Crippen LogP contribution in [-0.2, 0) is 4.79 Å². The molecular formula is C22H21ClN2O8. The van der Waals surface area contributed by atoms with Crippen molar-refractivity contribution in [2.24, 2.45) is 5.92 Å². The van der Waals surface area contributed by atoms with Gasteiger partial charge in [-0.1, -0.05) is 18.5 Å². The lowest BCUT2D eigenvalue weighted by molar-refractivity contribution is -0.991. The summed E-state index contributed by atoms with van der Waals surface area (Å²) in [5, 5.41) is 32.3. The number of nitrogens with one attached hydrogen (secondary N) is 2. The minimum atomic E-state index is -1.83. The first-order valence-corrected chi connectivity index (χ1v) is 10.3. The number of methoxy groups -OCH3 is 2. The van der Waals surface area contributed by atoms with E-state index >= 15 is 0 Å². The Kier molecular flexibility index (Phi) is 5.71. The molecule has 1 spiro atoms. The van der Waals surface area contributed by atoms with Crippen LogP contribution in [0, 0.1) is 11.1 Å². The average molecular weight is 477 g/mol. The minimum Gasteiger partial charge on any atom is -0.595 e. The van der Waals surface area contributed by atoms with Gasteiger partial charge in [0.15, 0.2) is 11.4 Å². The van der Waals surface area contributed by atoms with Gasteiger partial charge in [0.2, 0.25) is 17.2 Å². The second-order valence-corrected chi connectivity index (χ2v) is 8.15. The fraction of sp³-hybridized carbons (Fsp3) is 0.273. The van der Waals surface area contributed by atoms with Crippen LogP contribution in [0.4, 0.5) is 11.4 Å². The highest BCUT2D eigenvalue weighted by molar-refractivity contribution is 6.36. The maximum Gasteiger partial charge on any atom is 0.236 e. The fourth-order valence-corrected chi connectivity index (χ4v) is 4.42. The van der Waals surface area contributed by atoms with Gasteiger partial charge in [-0.3, -0.25) is 9.59 Å². The van der Waals surface area contributed by atoms with E-state index in [2.05, 4.69) is 5.32 Å². The Hall–Kier alpha value is -3.31. The highest BCUT2D eigenvalue weighted by atomic mass is 35.5. The number of benzene rings is 2. The molecule has 1 heterocycles. The lowest BCUT2D eigenvalue weighted by Crippen LogP contribution is -2.99. The summed E-state index contributed by atoms with van der Waals surface area (Å²) in [5.41, 5.74) is -1.29. The first-order valence-electron chi connectivity index (χ1n) is 9.90. The number of carbonyl (C=O) groups is 2. The van der Waals surface area contributed by atoms with Crippen LogP contribution in [0.2, 0.25) is 5.02 Å². The number of ketones is 2. The second-order valence-electron chi connectivity index (χ2n) is 7.77. The Morgan fingerprint density at radius 2 is 1.94 bits per heavy atom. The number of hydrogen-bond acceptors (Lipinski definition) is 9. The molecule has 4 N–H and O–H groups in total. The third-order valence-corrected chi connectivity index (χ3v) is 6.21. The van der Waals surface area contributed by atoms with Crippen LogP contribution in [0.5, 0.6) is 23.0 Å². The zero-order chi connectivity index (χ0) is 24.1. The number of aromatic hydroxyl groups is 1. The number of anilines is 1. The summed E-state index contributed by atoms with van der Waals surface area (Å²) in [7, 11) is 2.79. The van der Waals surface area contributed by atoms with E-state index in [1.54, 1.807) is 6.92 Å². The van der Waals surface area contributed by atoms with E-state index in [9.17, 15) is 25.1 Å². The monoisotopic (exact) mass is 476 g/mol. The number of allylic oxidation sites excluding steroid dienone is 1. The Bertz CT molecular complexity index is 1200. The van der Waals surface area contributed by atoms with Gasteiger partial charge in [0.1, 0.15) is 27.8 Å². The molecule has 4 rings (SSSR count). The molecule has 0 saturated heterocycles. The topological polar surface area (TPSA) is 142 Å². The SMILES string of the molecule is COc1cc(OC)c2c(c1Cl)O[C@@]1(C(=O)C=C(Nc3cc([NH+]([O-])O)ccc3O)C[C@H]1C)C2=O. The molecule has 1 aliphatic heterocycles. The minimum absolute atomic E-state index is 0.0229. The molecule has 0 aromatic heterocycles. The summed E-state index contributed by atoms with van der Waals surface area (Å²) in [6.07, 6.45) is 1.41. The normalized spacial score (nSPS) is 22.5. The van der Waals surface area contributed by atoms with Gasteiger partial charge in [0, 0.05) is 35.9 Å². The maximum atomic E-state index is 13.5. The van der Waals surface area contributed by atoms with Gasteiger partial charge in [0.25, 0.3) is 0 Å². The van der Waals surface area contributed by atoms with Crippen LogP contribution < -0.4 is 24.8 Å². The lowest BCUT2D eigenvalue weighted by atomic mass is 9.74. The molecule has 3 atom stereocenters. The molecule has 0 fully saturated rings. The largest absolute Gasteiger partial charge is 0.595 e. The van der Waals surface area contributed by atoms with E-state index < -0.39 is 28.3 Å². The zero-order valence-corrected chi connectivity index (χ0v) is 18.6. The Morgan fingerprint density at radius 3 is 2.55 bits per heavy atom. The number of phenols is 1. The molecule has 174 valence electrons. The number of phenolic OH excluding ortho intramolecular Hbond substituents is 1. The van der Waals surface area contributed by atoms with Crippen molar-refractivity contribution in [2.75, 3.05) is 19.5 Å². The van der Waals surface area contributed by atoms with Gasteiger partial charge in [-0.05, 0) is 12.5 Å². The van der Waals surface area contributed by atoms with E-state index in [1.807, 2.05) is 0 Å². The summed E-state index contributed by atoms with van der Waals surface area (Å²) in [5.74, 6) is -1.57. The van der Waals surface area contributed by atoms with E-state index in [0.29, 0.717) is 5.70 Å². The van der Waals surface area contributed by atoms with Gasteiger partial charge >= 0.3 is 0 Å². The number of carbonyl (C=O) groups excluding carboxylic acids is 2. The van der Waals surface area contributed by atoms with Crippen LogP contribution in [0.1, 0.15) is 23.7 Å². The van der Waals surface area contributed by atoms with Crippen molar-refractivity contribution in [2.45, 2.75) is 18.9 Å². The van der Waals surface area contributed by atoms with Crippen LogP contribution >= 0.6 is 11.6 Å². The molecule has 1 unspecified atom stereocenters. The number of ether oxygens (including phenoxy) is 3. The number of quaternary nitrogens is 1. The lowest BCUT2D eigenvalue weighted by Gasteiger charge is -2.35. The van der Waals surface area contributed by atoms with Gasteiger partial charge < -0.3 is 29.8 Å². The Morgan fingerprint density at radius 1 is 1.24 bits per heavy atom. The molecule has 0 radical (unpaired) electrons. The quantitative estimate of drug-likeness (QED) is 0.221. The second kappa shape index (κ2) is 8.23. The number of rotatable bonds is 5. The summed E-state index contributed by atoms with van der Waals surface area (Å²) in [6, 6.07) is 5.21. The molecule has 33 heavy (non-hydrogen) atoms. The van der Waals surface area contributed by atoms with E-state index in [1.165, 1.54) is 44.6 Å². The molecule has 2 aliphatic rings. The zero-order valence-electron chi connectivity index (χ0n) is 17.9. The van der Waals surface area contributed by atoms with Gasteiger partial charge in [-0.15, -0.1) is 0 Å². The van der Waals surface area contributed by atoms with Crippen molar-refractivity contribution < 1.29 is 39.3 Å². The predicted molar refractivity (Wildman–Crippen MR) is 117 cm³/mol. The smallest absolute Gasteiger partial charge is 0.236 e. The van der Waals surface area contributed by atoms with Crippen LogP contribution in [0.3, 0.4) is 0 Å². The van der Waals surface area contributed by atoms with Crippen molar-refractivity contribution >= 4 is 34.5 Å². The number of fused-ring (bicyclic) bond motifs is 1. The molecule has 0 saturated carbocycles. The summed E-state index contributed by atoms with van der Waals surface area (Å²) >= 11 is 6.37. The molecule has 2 aromatic rings. The van der Waals surface area contributed by atoms with Crippen molar-refractivity contribution in [3.63, 3.8) is 0 Å². The number of halogens is 1. The number of hydrogen-bond donors (Lipinski definition) is 4. The van der Waals surface area contributed by atoms with Gasteiger partial charge in [0.05, 0.1) is 19.9 Å². The third kappa shape index (κ3) is 3.47. The molecule has 10 nitrogen and oxygen atoms in total. The van der Waals surface area contributed by atoms with Crippen LogP contribution in [0.15, 0.2) is 36.0 Å². The molecule has 2 aromatic carbocycles. The van der Waals surface area contributed by atoms with Gasteiger partial charge in [-0.2, -0.15) is 5.23 Å². The predicted octanol–water partition coefficient (Wildman–Crippen LogP) is 2.38. The highest BCUT2D eigenvalue weighted by Crippen LogP contribution is 2.53. The summed E-state index contributed by atoms with van der Waals surface area (Å²) in [6.45, 7) is 1.68. The van der Waals surface area contributed by atoms with Crippen LogP contribution in [-0.4, -0.2) is 41.7 Å². The van der Waals surface area contributed by atoms with Crippen molar-refractivity contribution in [3.8, 4) is 23.0 Å². The molecule has 11 heteroatoms. The standard InChI is InChI=1S/C22H21ClN2O8/c1-10-6-11(24-13-8-12(25(29)30)4-5-14(13)26)7-17(27)22(10)21(28)18-15(31-2)9-16(32-3)19(23)20(18)33-22/h4-5,7-10,24-26,29H,6H2,1-3H3/t10-,22+/m1/s1. The number of Topliss-reactive ketones (excluding diaryl/α,β-unsaturated/α-hetero) is 1. The first-order chi connectivity index (χ1) is 15.6. The van der Waals surface area contributed by atoms with E-state index in [4.69, 9.17) is 25.8 Å². The Labute approximate surface area is 193 Å². The molecular weight excluding hydrogens is 456 g/mol.